The maximum absolute atomic E-state index is 9.53. The molecule has 0 radical (unpaired) electrons. The maximum Gasteiger partial charge on any atom is 0.115 e. The number of rotatable bonds is 1. The van der Waals surface area contributed by atoms with Gasteiger partial charge in [0.1, 0.15) is 5.75 Å². The highest BCUT2D eigenvalue weighted by molar-refractivity contribution is 5.39. The number of ether oxygens (including phenoxy) is 1. The van der Waals surface area contributed by atoms with Crippen LogP contribution in [0.4, 0.5) is 0 Å². The molecule has 0 bridgehead atoms. The van der Waals surface area contributed by atoms with E-state index in [0.29, 0.717) is 11.8 Å². The number of hydrogen-bond acceptors (Lipinski definition) is 3. The SMILES string of the molecule is CCN1CCO[C@@H]2c3ccc(O)cc3CC[C@H]21. The molecule has 1 fully saturated rings. The van der Waals surface area contributed by atoms with Crippen molar-refractivity contribution in [2.75, 3.05) is 19.7 Å². The molecule has 1 aromatic carbocycles. The van der Waals surface area contributed by atoms with Gasteiger partial charge in [0.2, 0.25) is 0 Å². The van der Waals surface area contributed by atoms with Crippen LogP contribution in [0.2, 0.25) is 0 Å². The summed E-state index contributed by atoms with van der Waals surface area (Å²) in [6.07, 6.45) is 2.38. The molecular formula is C14H19NO2. The van der Waals surface area contributed by atoms with Gasteiger partial charge in [-0.15, -0.1) is 0 Å². The lowest BCUT2D eigenvalue weighted by Crippen LogP contribution is -2.48. The monoisotopic (exact) mass is 233 g/mol. The van der Waals surface area contributed by atoms with E-state index < -0.39 is 0 Å². The second-order valence-electron chi connectivity index (χ2n) is 4.91. The smallest absolute Gasteiger partial charge is 0.115 e. The molecular weight excluding hydrogens is 214 g/mol. The van der Waals surface area contributed by atoms with E-state index >= 15 is 0 Å². The molecule has 1 saturated heterocycles. The van der Waals surface area contributed by atoms with Gasteiger partial charge in [-0.25, -0.2) is 0 Å². The molecule has 0 saturated carbocycles. The normalized spacial score (nSPS) is 28.5. The summed E-state index contributed by atoms with van der Waals surface area (Å²) in [6.45, 7) is 5.17. The van der Waals surface area contributed by atoms with Gasteiger partial charge in [-0.1, -0.05) is 13.0 Å². The minimum absolute atomic E-state index is 0.202. The molecule has 1 aromatic rings. The number of hydrogen-bond donors (Lipinski definition) is 1. The van der Waals surface area contributed by atoms with E-state index in [4.69, 9.17) is 4.74 Å². The molecule has 0 aromatic heterocycles. The number of aryl methyl sites for hydroxylation is 1. The van der Waals surface area contributed by atoms with Crippen LogP contribution in [-0.4, -0.2) is 35.7 Å². The fraction of sp³-hybridized carbons (Fsp3) is 0.571. The van der Waals surface area contributed by atoms with Crippen LogP contribution >= 0.6 is 0 Å². The van der Waals surface area contributed by atoms with Gasteiger partial charge in [0, 0.05) is 12.6 Å². The zero-order valence-corrected chi connectivity index (χ0v) is 10.2. The lowest BCUT2D eigenvalue weighted by molar-refractivity contribution is -0.0784. The van der Waals surface area contributed by atoms with Crippen LogP contribution < -0.4 is 0 Å². The van der Waals surface area contributed by atoms with Crippen LogP contribution in [0, 0.1) is 0 Å². The third-order valence-electron chi connectivity index (χ3n) is 4.04. The van der Waals surface area contributed by atoms with Crippen molar-refractivity contribution >= 4 is 0 Å². The van der Waals surface area contributed by atoms with Crippen molar-refractivity contribution in [3.63, 3.8) is 0 Å². The third kappa shape index (κ3) is 1.83. The van der Waals surface area contributed by atoms with E-state index in [1.165, 1.54) is 11.1 Å². The van der Waals surface area contributed by atoms with E-state index in [1.807, 2.05) is 12.1 Å². The van der Waals surface area contributed by atoms with Crippen LogP contribution in [0.15, 0.2) is 18.2 Å². The average Bonchev–Trinajstić information content (AvgIpc) is 2.37. The van der Waals surface area contributed by atoms with Crippen molar-refractivity contribution < 1.29 is 9.84 Å². The van der Waals surface area contributed by atoms with Gasteiger partial charge < -0.3 is 9.84 Å². The van der Waals surface area contributed by atoms with Crippen LogP contribution in [0.25, 0.3) is 0 Å². The van der Waals surface area contributed by atoms with Gasteiger partial charge in [0.05, 0.1) is 12.7 Å². The number of morpholine rings is 1. The molecule has 17 heavy (non-hydrogen) atoms. The molecule has 1 aliphatic heterocycles. The Morgan fingerprint density at radius 3 is 3.18 bits per heavy atom. The van der Waals surface area contributed by atoms with Crippen molar-refractivity contribution in [3.8, 4) is 5.75 Å². The highest BCUT2D eigenvalue weighted by Gasteiger charge is 2.36. The minimum Gasteiger partial charge on any atom is -0.508 e. The van der Waals surface area contributed by atoms with Crippen molar-refractivity contribution in [1.82, 2.24) is 4.90 Å². The summed E-state index contributed by atoms with van der Waals surface area (Å²) < 4.78 is 5.96. The van der Waals surface area contributed by atoms with Gasteiger partial charge in [-0.3, -0.25) is 4.90 Å². The summed E-state index contributed by atoms with van der Waals surface area (Å²) in [5, 5.41) is 9.53. The first-order chi connectivity index (χ1) is 8.29. The van der Waals surface area contributed by atoms with Crippen molar-refractivity contribution in [2.24, 2.45) is 0 Å². The highest BCUT2D eigenvalue weighted by Crippen LogP contribution is 2.38. The third-order valence-corrected chi connectivity index (χ3v) is 4.04. The lowest BCUT2D eigenvalue weighted by atomic mass is 9.84. The molecule has 92 valence electrons. The zero-order valence-electron chi connectivity index (χ0n) is 10.2. The number of phenolic OH excluding ortho intramolecular Hbond substituents is 1. The largest absolute Gasteiger partial charge is 0.508 e. The Hall–Kier alpha value is -1.06. The second-order valence-corrected chi connectivity index (χ2v) is 4.91. The second kappa shape index (κ2) is 4.31. The van der Waals surface area contributed by atoms with E-state index in [2.05, 4.69) is 11.8 Å². The number of likely N-dealkylation sites (N-methyl/N-ethyl adjacent to an activating group) is 1. The summed E-state index contributed by atoms with van der Waals surface area (Å²) >= 11 is 0. The summed E-state index contributed by atoms with van der Waals surface area (Å²) in [5.74, 6) is 0.366. The number of aromatic hydroxyl groups is 1. The van der Waals surface area contributed by atoms with Gasteiger partial charge in [-0.05, 0) is 42.6 Å². The topological polar surface area (TPSA) is 32.7 Å². The van der Waals surface area contributed by atoms with Gasteiger partial charge >= 0.3 is 0 Å². The average molecular weight is 233 g/mol. The van der Waals surface area contributed by atoms with Gasteiger partial charge in [-0.2, -0.15) is 0 Å². The number of nitrogens with zero attached hydrogens (tertiary/aromatic N) is 1. The van der Waals surface area contributed by atoms with Crippen molar-refractivity contribution in [2.45, 2.75) is 31.9 Å². The van der Waals surface area contributed by atoms with Crippen molar-refractivity contribution in [1.29, 1.82) is 0 Å². The number of benzene rings is 1. The Balaban J connectivity index is 1.95. The van der Waals surface area contributed by atoms with E-state index in [0.717, 1.165) is 32.5 Å². The Bertz CT molecular complexity index is 419. The van der Waals surface area contributed by atoms with E-state index in [-0.39, 0.29) is 6.10 Å². The Labute approximate surface area is 102 Å². The summed E-state index contributed by atoms with van der Waals surface area (Å²) in [5.41, 5.74) is 2.53. The molecule has 1 N–H and O–H groups in total. The van der Waals surface area contributed by atoms with Gasteiger partial charge in [0.15, 0.2) is 0 Å². The zero-order chi connectivity index (χ0) is 11.8. The number of phenols is 1. The van der Waals surface area contributed by atoms with Crippen LogP contribution in [0.5, 0.6) is 5.75 Å². The summed E-state index contributed by atoms with van der Waals surface area (Å²) in [6, 6.07) is 6.21. The molecule has 2 atom stereocenters. The van der Waals surface area contributed by atoms with Gasteiger partial charge in [0.25, 0.3) is 0 Å². The molecule has 0 unspecified atom stereocenters. The molecule has 0 spiro atoms. The fourth-order valence-electron chi connectivity index (χ4n) is 3.18. The van der Waals surface area contributed by atoms with Crippen LogP contribution in [0.3, 0.4) is 0 Å². The Morgan fingerprint density at radius 2 is 2.35 bits per heavy atom. The van der Waals surface area contributed by atoms with E-state index in [1.54, 1.807) is 6.07 Å². The Kier molecular flexibility index (Phi) is 2.81. The summed E-state index contributed by atoms with van der Waals surface area (Å²) in [7, 11) is 0. The molecule has 0 amide bonds. The molecule has 3 heteroatoms. The lowest BCUT2D eigenvalue weighted by Gasteiger charge is -2.44. The molecule has 2 aliphatic rings. The summed E-state index contributed by atoms with van der Waals surface area (Å²) in [4.78, 5) is 2.52. The first kappa shape index (κ1) is 11.1. The quantitative estimate of drug-likeness (QED) is 0.806. The van der Waals surface area contributed by atoms with E-state index in [9.17, 15) is 5.11 Å². The fourth-order valence-corrected chi connectivity index (χ4v) is 3.18. The molecule has 3 rings (SSSR count). The number of fused-ring (bicyclic) bond motifs is 3. The first-order valence-corrected chi connectivity index (χ1v) is 6.47. The predicted molar refractivity (Wildman–Crippen MR) is 66.2 cm³/mol. The predicted octanol–water partition coefficient (Wildman–Crippen LogP) is 2.10. The minimum atomic E-state index is 0.202. The highest BCUT2D eigenvalue weighted by atomic mass is 16.5. The maximum atomic E-state index is 9.53. The molecule has 1 heterocycles. The van der Waals surface area contributed by atoms with Crippen LogP contribution in [-0.2, 0) is 11.2 Å². The molecule has 1 aliphatic carbocycles. The van der Waals surface area contributed by atoms with Crippen molar-refractivity contribution in [3.05, 3.63) is 29.3 Å². The molecule has 3 nitrogen and oxygen atoms in total. The first-order valence-electron chi connectivity index (χ1n) is 6.47. The Morgan fingerprint density at radius 1 is 1.47 bits per heavy atom. The standard InChI is InChI=1S/C14H19NO2/c1-2-15-7-8-17-14-12-5-4-11(16)9-10(12)3-6-13(14)15/h4-5,9,13-14,16H,2-3,6-8H2,1H3/t13-,14-/m1/s1. The van der Waals surface area contributed by atoms with Crippen LogP contribution in [0.1, 0.15) is 30.6 Å².